The molecular formula is C27H24FN3O4. The number of aromatic nitrogens is 1. The molecule has 3 aromatic carbocycles. The molecule has 0 bridgehead atoms. The number of ether oxygens (including phenoxy) is 1. The molecule has 0 radical (unpaired) electrons. The van der Waals surface area contributed by atoms with Crippen molar-refractivity contribution in [2.45, 2.75) is 25.3 Å². The fraction of sp³-hybridized carbons (Fsp3) is 0.259. The van der Waals surface area contributed by atoms with Crippen LogP contribution in [0, 0.1) is 5.82 Å². The smallest absolute Gasteiger partial charge is 0.341 e. The number of anilines is 1. The molecule has 1 unspecified atom stereocenters. The molecule has 0 spiro atoms. The first-order valence-corrected chi connectivity index (χ1v) is 11.7. The Bertz CT molecular complexity index is 1580. The topological polar surface area (TPSA) is 83.8 Å². The highest BCUT2D eigenvalue weighted by Crippen LogP contribution is 2.47. The average Bonchev–Trinajstić information content (AvgIpc) is 3.26. The summed E-state index contributed by atoms with van der Waals surface area (Å²) >= 11 is 0. The lowest BCUT2D eigenvalue weighted by molar-refractivity contribution is 0.0695. The van der Waals surface area contributed by atoms with Crippen LogP contribution in [0.3, 0.4) is 0 Å². The number of carbonyl (C=O) groups is 1. The molecule has 1 atom stereocenters. The van der Waals surface area contributed by atoms with Crippen LogP contribution in [0.2, 0.25) is 0 Å². The standard InChI is InChI=1S/C27H24FN3O4/c1-30-12-4-6-16(30)10-11-29-22-20(28)13-18-23-26(22)35-25-17-7-3-2-5-15(17)8-9-21(25)31(23)14-19(24(18)32)27(33)34/h2-3,5,7-9,13-14,16,29H,4,6,10-12H2,1H3,(H,33,34). The molecular weight excluding hydrogens is 449 g/mol. The number of halogens is 1. The number of benzene rings is 3. The minimum atomic E-state index is -1.36. The van der Waals surface area contributed by atoms with Crippen LogP contribution < -0.4 is 15.5 Å². The Morgan fingerprint density at radius 1 is 1.20 bits per heavy atom. The Balaban J connectivity index is 1.55. The van der Waals surface area contributed by atoms with Crippen LogP contribution in [-0.4, -0.2) is 46.7 Å². The molecule has 2 aliphatic rings. The van der Waals surface area contributed by atoms with E-state index in [2.05, 4.69) is 17.3 Å². The maximum Gasteiger partial charge on any atom is 0.341 e. The van der Waals surface area contributed by atoms with Crippen LogP contribution in [-0.2, 0) is 0 Å². The van der Waals surface area contributed by atoms with E-state index in [0.717, 1.165) is 42.6 Å². The molecule has 0 aliphatic carbocycles. The predicted octanol–water partition coefficient (Wildman–Crippen LogP) is 4.98. The summed E-state index contributed by atoms with van der Waals surface area (Å²) in [5, 5.41) is 14.6. The summed E-state index contributed by atoms with van der Waals surface area (Å²) in [5.74, 6) is -1.33. The first kappa shape index (κ1) is 21.6. The van der Waals surface area contributed by atoms with Crippen molar-refractivity contribution in [3.8, 4) is 17.2 Å². The van der Waals surface area contributed by atoms with Gasteiger partial charge in [0, 0.05) is 24.2 Å². The van der Waals surface area contributed by atoms with Gasteiger partial charge in [-0.2, -0.15) is 0 Å². The number of fused-ring (bicyclic) bond motifs is 4. The van der Waals surface area contributed by atoms with Gasteiger partial charge < -0.3 is 24.6 Å². The lowest BCUT2D eigenvalue weighted by Crippen LogP contribution is -2.27. The van der Waals surface area contributed by atoms with Crippen molar-refractivity contribution in [2.24, 2.45) is 0 Å². The van der Waals surface area contributed by atoms with Crippen molar-refractivity contribution in [3.63, 3.8) is 0 Å². The molecule has 35 heavy (non-hydrogen) atoms. The molecule has 0 saturated carbocycles. The van der Waals surface area contributed by atoms with E-state index in [0.29, 0.717) is 29.5 Å². The van der Waals surface area contributed by atoms with Gasteiger partial charge >= 0.3 is 5.97 Å². The Morgan fingerprint density at radius 2 is 2.03 bits per heavy atom. The van der Waals surface area contributed by atoms with E-state index in [1.807, 2.05) is 36.4 Å². The summed E-state index contributed by atoms with van der Waals surface area (Å²) in [6.07, 6.45) is 4.42. The van der Waals surface area contributed by atoms with E-state index >= 15 is 4.39 Å². The minimum absolute atomic E-state index is 0.0303. The summed E-state index contributed by atoms with van der Waals surface area (Å²) in [5.41, 5.74) is -0.0452. The van der Waals surface area contributed by atoms with Gasteiger partial charge in [-0.1, -0.05) is 30.3 Å². The van der Waals surface area contributed by atoms with Crippen molar-refractivity contribution < 1.29 is 19.0 Å². The molecule has 2 aliphatic heterocycles. The van der Waals surface area contributed by atoms with E-state index in [4.69, 9.17) is 4.74 Å². The zero-order valence-corrected chi connectivity index (χ0v) is 19.2. The Kier molecular flexibility index (Phi) is 5.00. The third kappa shape index (κ3) is 3.36. The van der Waals surface area contributed by atoms with Crippen molar-refractivity contribution in [2.75, 3.05) is 25.5 Å². The highest BCUT2D eigenvalue weighted by Gasteiger charge is 2.29. The summed E-state index contributed by atoms with van der Waals surface area (Å²) in [6.45, 7) is 1.60. The normalized spacial score (nSPS) is 16.9. The van der Waals surface area contributed by atoms with Crippen LogP contribution in [0.4, 0.5) is 10.1 Å². The fourth-order valence-electron chi connectivity index (χ4n) is 5.37. The first-order valence-electron chi connectivity index (χ1n) is 11.7. The molecule has 2 N–H and O–H groups in total. The second-order valence-electron chi connectivity index (χ2n) is 9.23. The van der Waals surface area contributed by atoms with E-state index in [-0.39, 0.29) is 16.8 Å². The van der Waals surface area contributed by atoms with Crippen molar-refractivity contribution in [1.29, 1.82) is 0 Å². The lowest BCUT2D eigenvalue weighted by atomic mass is 10.0. The number of aromatic carboxylic acids is 1. The third-order valence-corrected chi connectivity index (χ3v) is 7.20. The summed E-state index contributed by atoms with van der Waals surface area (Å²) in [4.78, 5) is 27.1. The van der Waals surface area contributed by atoms with Gasteiger partial charge in [0.2, 0.25) is 5.43 Å². The number of nitrogens with zero attached hydrogens (tertiary/aromatic N) is 2. The van der Waals surface area contributed by atoms with E-state index in [1.54, 1.807) is 4.57 Å². The average molecular weight is 474 g/mol. The lowest BCUT2D eigenvalue weighted by Gasteiger charge is -2.27. The van der Waals surface area contributed by atoms with Gasteiger partial charge in [0.15, 0.2) is 17.3 Å². The molecule has 1 saturated heterocycles. The number of carboxylic acid groups (broad SMARTS) is 1. The number of nitrogens with one attached hydrogen (secondary N) is 1. The van der Waals surface area contributed by atoms with Crippen LogP contribution in [0.25, 0.3) is 27.4 Å². The second kappa shape index (κ2) is 8.09. The van der Waals surface area contributed by atoms with Gasteiger partial charge in [0.1, 0.15) is 16.8 Å². The Morgan fingerprint density at radius 3 is 2.80 bits per heavy atom. The zero-order valence-electron chi connectivity index (χ0n) is 19.2. The monoisotopic (exact) mass is 473 g/mol. The second-order valence-corrected chi connectivity index (χ2v) is 9.23. The summed E-state index contributed by atoms with van der Waals surface area (Å²) < 4.78 is 23.4. The molecule has 3 heterocycles. The minimum Gasteiger partial charge on any atom is -0.477 e. The number of hydrogen-bond donors (Lipinski definition) is 2. The van der Waals surface area contributed by atoms with Crippen molar-refractivity contribution in [3.05, 3.63) is 70.3 Å². The fourth-order valence-corrected chi connectivity index (χ4v) is 5.37. The molecule has 4 aromatic rings. The molecule has 6 rings (SSSR count). The number of pyridine rings is 1. The van der Waals surface area contributed by atoms with Gasteiger partial charge in [0.25, 0.3) is 0 Å². The predicted molar refractivity (Wildman–Crippen MR) is 133 cm³/mol. The number of likely N-dealkylation sites (tertiary alicyclic amines) is 1. The van der Waals surface area contributed by atoms with Crippen molar-refractivity contribution >= 4 is 33.3 Å². The van der Waals surface area contributed by atoms with Gasteiger partial charge in [-0.3, -0.25) is 4.79 Å². The molecule has 178 valence electrons. The van der Waals surface area contributed by atoms with Gasteiger partial charge in [0.05, 0.1) is 11.1 Å². The quantitative estimate of drug-likeness (QED) is 0.375. The first-order chi connectivity index (χ1) is 16.9. The highest BCUT2D eigenvalue weighted by molar-refractivity contribution is 6.01. The highest BCUT2D eigenvalue weighted by atomic mass is 19.1. The van der Waals surface area contributed by atoms with Crippen LogP contribution in [0.15, 0.2) is 53.5 Å². The molecule has 1 aromatic heterocycles. The maximum atomic E-state index is 15.5. The summed E-state index contributed by atoms with van der Waals surface area (Å²) in [6, 6.07) is 12.9. The van der Waals surface area contributed by atoms with E-state index < -0.39 is 22.8 Å². The Hall–Kier alpha value is -3.91. The van der Waals surface area contributed by atoms with Crippen LogP contribution >= 0.6 is 0 Å². The summed E-state index contributed by atoms with van der Waals surface area (Å²) in [7, 11) is 2.10. The van der Waals surface area contributed by atoms with Crippen molar-refractivity contribution in [1.82, 2.24) is 9.47 Å². The van der Waals surface area contributed by atoms with E-state index in [1.165, 1.54) is 6.20 Å². The molecule has 8 heteroatoms. The third-order valence-electron chi connectivity index (χ3n) is 7.20. The zero-order chi connectivity index (χ0) is 24.3. The Labute approximate surface area is 200 Å². The SMILES string of the molecule is CN1CCCC1CCNc1c(F)cc2c(=O)c(C(=O)O)cn3c2c1Oc1c-3ccc2ccccc12. The maximum absolute atomic E-state index is 15.5. The largest absolute Gasteiger partial charge is 0.477 e. The van der Waals surface area contributed by atoms with Gasteiger partial charge in [-0.05, 0) is 50.4 Å². The van der Waals surface area contributed by atoms with Gasteiger partial charge in [-0.15, -0.1) is 0 Å². The van der Waals surface area contributed by atoms with E-state index in [9.17, 15) is 14.7 Å². The van der Waals surface area contributed by atoms with Crippen LogP contribution in [0.1, 0.15) is 29.6 Å². The van der Waals surface area contributed by atoms with Gasteiger partial charge in [-0.25, -0.2) is 9.18 Å². The van der Waals surface area contributed by atoms with Crippen LogP contribution in [0.5, 0.6) is 11.5 Å². The molecule has 7 nitrogen and oxygen atoms in total. The molecule has 0 amide bonds. The number of rotatable bonds is 5. The molecule has 1 fully saturated rings. The number of carboxylic acids is 1. The number of hydrogen-bond acceptors (Lipinski definition) is 5.